The van der Waals surface area contributed by atoms with Crippen LogP contribution < -0.4 is 14.8 Å². The van der Waals surface area contributed by atoms with E-state index in [1.165, 1.54) is 6.07 Å². The number of benzene rings is 2. The molecule has 1 N–H and O–H groups in total. The predicted molar refractivity (Wildman–Crippen MR) is 76.0 cm³/mol. The second-order valence-corrected chi connectivity index (χ2v) is 4.79. The quantitative estimate of drug-likeness (QED) is 0.927. The molecule has 1 heterocycles. The predicted octanol–water partition coefficient (Wildman–Crippen LogP) is 3.55. The van der Waals surface area contributed by atoms with Crippen molar-refractivity contribution in [3.05, 3.63) is 53.3 Å². The molecule has 0 aromatic heterocycles. The van der Waals surface area contributed by atoms with Gasteiger partial charge in [0.1, 0.15) is 5.82 Å². The highest BCUT2D eigenvalue weighted by Crippen LogP contribution is 2.38. The molecule has 4 heteroatoms. The lowest BCUT2D eigenvalue weighted by molar-refractivity contribution is 0.354. The molecule has 0 aliphatic carbocycles. The Bertz CT molecular complexity index is 642. The van der Waals surface area contributed by atoms with Crippen LogP contribution in [0.15, 0.2) is 36.4 Å². The van der Waals surface area contributed by atoms with E-state index in [4.69, 9.17) is 9.47 Å². The molecule has 0 fully saturated rings. The average molecular weight is 273 g/mol. The van der Waals surface area contributed by atoms with Crippen molar-refractivity contribution in [1.29, 1.82) is 0 Å². The van der Waals surface area contributed by atoms with E-state index in [0.717, 1.165) is 17.5 Å². The van der Waals surface area contributed by atoms with E-state index in [2.05, 4.69) is 5.32 Å². The molecule has 0 amide bonds. The van der Waals surface area contributed by atoms with Crippen molar-refractivity contribution in [1.82, 2.24) is 0 Å². The maximum absolute atomic E-state index is 13.7. The van der Waals surface area contributed by atoms with E-state index in [1.807, 2.05) is 24.3 Å². The highest BCUT2D eigenvalue weighted by atomic mass is 19.1. The first-order valence-corrected chi connectivity index (χ1v) is 6.48. The Kier molecular flexibility index (Phi) is 3.22. The Morgan fingerprint density at radius 3 is 2.60 bits per heavy atom. The zero-order valence-electron chi connectivity index (χ0n) is 11.4. The standard InChI is InChI=1S/C16H16FNO2/c1-19-14-7-6-10(9-15(14)20-2)13-8-11-4-3-5-12(17)16(11)18-13/h3-7,9,13,18H,8H2,1-2H3. The summed E-state index contributed by atoms with van der Waals surface area (Å²) in [6.45, 7) is 0. The molecule has 1 atom stereocenters. The molecule has 3 nitrogen and oxygen atoms in total. The van der Waals surface area contributed by atoms with Gasteiger partial charge < -0.3 is 14.8 Å². The normalized spacial score (nSPS) is 16.4. The topological polar surface area (TPSA) is 30.5 Å². The van der Waals surface area contributed by atoms with E-state index < -0.39 is 0 Å². The number of methoxy groups -OCH3 is 2. The molecule has 104 valence electrons. The Hall–Kier alpha value is -2.23. The Balaban J connectivity index is 1.91. The maximum Gasteiger partial charge on any atom is 0.161 e. The van der Waals surface area contributed by atoms with Crippen LogP contribution in [-0.2, 0) is 6.42 Å². The summed E-state index contributed by atoms with van der Waals surface area (Å²) >= 11 is 0. The number of para-hydroxylation sites is 1. The van der Waals surface area contributed by atoms with Gasteiger partial charge in [-0.3, -0.25) is 0 Å². The van der Waals surface area contributed by atoms with Gasteiger partial charge in [0.25, 0.3) is 0 Å². The van der Waals surface area contributed by atoms with Crippen LogP contribution >= 0.6 is 0 Å². The molecule has 2 aromatic rings. The van der Waals surface area contributed by atoms with Gasteiger partial charge in [0.15, 0.2) is 11.5 Å². The number of anilines is 1. The lowest BCUT2D eigenvalue weighted by atomic mass is 10.0. The van der Waals surface area contributed by atoms with Crippen LogP contribution in [0.3, 0.4) is 0 Å². The van der Waals surface area contributed by atoms with E-state index in [-0.39, 0.29) is 11.9 Å². The SMILES string of the molecule is COc1ccc(C2Cc3cccc(F)c3N2)cc1OC. The number of halogens is 1. The van der Waals surface area contributed by atoms with Crippen LogP contribution in [0.1, 0.15) is 17.2 Å². The average Bonchev–Trinajstić information content (AvgIpc) is 2.92. The smallest absolute Gasteiger partial charge is 0.161 e. The minimum Gasteiger partial charge on any atom is -0.493 e. The molecular weight excluding hydrogens is 257 g/mol. The Morgan fingerprint density at radius 2 is 1.90 bits per heavy atom. The van der Waals surface area contributed by atoms with Crippen molar-refractivity contribution in [3.8, 4) is 11.5 Å². The third-order valence-electron chi connectivity index (χ3n) is 3.65. The fourth-order valence-electron chi connectivity index (χ4n) is 2.62. The first kappa shape index (κ1) is 12.8. The van der Waals surface area contributed by atoms with Gasteiger partial charge in [0.05, 0.1) is 25.9 Å². The largest absolute Gasteiger partial charge is 0.493 e. The van der Waals surface area contributed by atoms with Crippen LogP contribution in [0.4, 0.5) is 10.1 Å². The molecule has 0 spiro atoms. The van der Waals surface area contributed by atoms with Crippen molar-refractivity contribution in [2.45, 2.75) is 12.5 Å². The summed E-state index contributed by atoms with van der Waals surface area (Å²) in [5.74, 6) is 1.17. The lowest BCUT2D eigenvalue weighted by Crippen LogP contribution is -2.06. The van der Waals surface area contributed by atoms with Gasteiger partial charge in [-0.05, 0) is 35.7 Å². The van der Waals surface area contributed by atoms with Gasteiger partial charge in [-0.1, -0.05) is 18.2 Å². The summed E-state index contributed by atoms with van der Waals surface area (Å²) in [6.07, 6.45) is 0.766. The second-order valence-electron chi connectivity index (χ2n) is 4.79. The number of hydrogen-bond acceptors (Lipinski definition) is 3. The number of nitrogens with one attached hydrogen (secondary N) is 1. The molecule has 0 saturated heterocycles. The van der Waals surface area contributed by atoms with Gasteiger partial charge in [0.2, 0.25) is 0 Å². The summed E-state index contributed by atoms with van der Waals surface area (Å²) in [5.41, 5.74) is 2.66. The third kappa shape index (κ3) is 2.07. The van der Waals surface area contributed by atoms with Gasteiger partial charge in [-0.2, -0.15) is 0 Å². The van der Waals surface area contributed by atoms with Crippen LogP contribution in [0.25, 0.3) is 0 Å². The number of ether oxygens (including phenoxy) is 2. The summed E-state index contributed by atoms with van der Waals surface area (Å²) in [5, 5.41) is 3.24. The first-order valence-electron chi connectivity index (χ1n) is 6.48. The molecule has 0 bridgehead atoms. The molecule has 0 radical (unpaired) electrons. The first-order chi connectivity index (χ1) is 9.72. The fourth-order valence-corrected chi connectivity index (χ4v) is 2.62. The zero-order chi connectivity index (χ0) is 14.1. The Labute approximate surface area is 117 Å². The van der Waals surface area contributed by atoms with Crippen molar-refractivity contribution in [3.63, 3.8) is 0 Å². The molecule has 1 aliphatic rings. The zero-order valence-corrected chi connectivity index (χ0v) is 11.4. The molecule has 1 unspecified atom stereocenters. The molecule has 2 aromatic carbocycles. The van der Waals surface area contributed by atoms with Crippen LogP contribution in [0.5, 0.6) is 11.5 Å². The molecule has 20 heavy (non-hydrogen) atoms. The van der Waals surface area contributed by atoms with E-state index in [9.17, 15) is 4.39 Å². The van der Waals surface area contributed by atoms with Gasteiger partial charge >= 0.3 is 0 Å². The van der Waals surface area contributed by atoms with Crippen molar-refractivity contribution in [2.24, 2.45) is 0 Å². The number of fused-ring (bicyclic) bond motifs is 1. The summed E-state index contributed by atoms with van der Waals surface area (Å²) in [4.78, 5) is 0. The van der Waals surface area contributed by atoms with E-state index in [0.29, 0.717) is 17.2 Å². The minimum absolute atomic E-state index is 0.0571. The van der Waals surface area contributed by atoms with Crippen LogP contribution in [0.2, 0.25) is 0 Å². The maximum atomic E-state index is 13.7. The monoisotopic (exact) mass is 273 g/mol. The van der Waals surface area contributed by atoms with Gasteiger partial charge in [-0.15, -0.1) is 0 Å². The summed E-state index contributed by atoms with van der Waals surface area (Å²) in [7, 11) is 3.22. The number of rotatable bonds is 3. The van der Waals surface area contributed by atoms with Crippen LogP contribution in [-0.4, -0.2) is 14.2 Å². The van der Waals surface area contributed by atoms with Crippen molar-refractivity contribution in [2.75, 3.05) is 19.5 Å². The van der Waals surface area contributed by atoms with Gasteiger partial charge in [-0.25, -0.2) is 4.39 Å². The molecular formula is C16H16FNO2. The molecule has 3 rings (SSSR count). The summed E-state index contributed by atoms with van der Waals surface area (Å²) < 4.78 is 24.3. The van der Waals surface area contributed by atoms with E-state index in [1.54, 1.807) is 20.3 Å². The number of hydrogen-bond donors (Lipinski definition) is 1. The van der Waals surface area contributed by atoms with Crippen LogP contribution in [0, 0.1) is 5.82 Å². The minimum atomic E-state index is -0.203. The van der Waals surface area contributed by atoms with E-state index >= 15 is 0 Å². The van der Waals surface area contributed by atoms with Crippen molar-refractivity contribution < 1.29 is 13.9 Å². The lowest BCUT2D eigenvalue weighted by Gasteiger charge is -2.15. The highest BCUT2D eigenvalue weighted by Gasteiger charge is 2.25. The van der Waals surface area contributed by atoms with Gasteiger partial charge in [0, 0.05) is 0 Å². The third-order valence-corrected chi connectivity index (χ3v) is 3.65. The Morgan fingerprint density at radius 1 is 1.10 bits per heavy atom. The fraction of sp³-hybridized carbons (Fsp3) is 0.250. The molecule has 0 saturated carbocycles. The second kappa shape index (κ2) is 5.04. The summed E-state index contributed by atoms with van der Waals surface area (Å²) in [6, 6.07) is 11.0. The molecule has 1 aliphatic heterocycles. The highest BCUT2D eigenvalue weighted by molar-refractivity contribution is 5.60. The van der Waals surface area contributed by atoms with Crippen molar-refractivity contribution >= 4 is 5.69 Å².